The van der Waals surface area contributed by atoms with Crippen molar-refractivity contribution in [1.29, 1.82) is 0 Å². The molecule has 0 aromatic carbocycles. The van der Waals surface area contributed by atoms with Gasteiger partial charge in [0.2, 0.25) is 0 Å². The Kier molecular flexibility index (Phi) is 3.59. The average molecular weight is 219 g/mol. The SMILES string of the molecule is CC1CCCC(O)(Cc2ccccn2)CC1. The summed E-state index contributed by atoms with van der Waals surface area (Å²) < 4.78 is 0. The minimum atomic E-state index is -0.515. The van der Waals surface area contributed by atoms with E-state index in [1.807, 2.05) is 18.2 Å². The normalized spacial score (nSPS) is 31.0. The quantitative estimate of drug-likeness (QED) is 0.776. The molecule has 1 aromatic rings. The fourth-order valence-electron chi connectivity index (χ4n) is 2.58. The van der Waals surface area contributed by atoms with E-state index in [0.717, 1.165) is 37.3 Å². The summed E-state index contributed by atoms with van der Waals surface area (Å²) in [6.07, 6.45) is 7.90. The van der Waals surface area contributed by atoms with Crippen LogP contribution in [0, 0.1) is 5.92 Å². The largest absolute Gasteiger partial charge is 0.389 e. The van der Waals surface area contributed by atoms with Crippen molar-refractivity contribution in [1.82, 2.24) is 4.98 Å². The van der Waals surface area contributed by atoms with Gasteiger partial charge in [0.1, 0.15) is 0 Å². The highest BCUT2D eigenvalue weighted by Crippen LogP contribution is 2.32. The molecule has 1 fully saturated rings. The molecule has 1 N–H and O–H groups in total. The van der Waals surface area contributed by atoms with Crippen LogP contribution in [0.4, 0.5) is 0 Å². The topological polar surface area (TPSA) is 33.1 Å². The van der Waals surface area contributed by atoms with Crippen LogP contribution in [0.5, 0.6) is 0 Å². The lowest BCUT2D eigenvalue weighted by atomic mass is 9.89. The van der Waals surface area contributed by atoms with Gasteiger partial charge < -0.3 is 5.11 Å². The first-order valence-electron chi connectivity index (χ1n) is 6.30. The van der Waals surface area contributed by atoms with E-state index in [2.05, 4.69) is 11.9 Å². The van der Waals surface area contributed by atoms with Gasteiger partial charge in [-0.05, 0) is 37.3 Å². The van der Waals surface area contributed by atoms with Crippen molar-refractivity contribution in [3.63, 3.8) is 0 Å². The van der Waals surface area contributed by atoms with Gasteiger partial charge in [0.25, 0.3) is 0 Å². The summed E-state index contributed by atoms with van der Waals surface area (Å²) in [5.74, 6) is 0.762. The van der Waals surface area contributed by atoms with Crippen molar-refractivity contribution in [3.8, 4) is 0 Å². The second kappa shape index (κ2) is 4.96. The minimum Gasteiger partial charge on any atom is -0.389 e. The van der Waals surface area contributed by atoms with Gasteiger partial charge in [0, 0.05) is 18.3 Å². The molecule has 1 aromatic heterocycles. The van der Waals surface area contributed by atoms with Crippen LogP contribution in [0.3, 0.4) is 0 Å². The molecule has 1 saturated carbocycles. The number of hydrogen-bond acceptors (Lipinski definition) is 2. The molecule has 2 unspecified atom stereocenters. The third-order valence-corrected chi connectivity index (χ3v) is 3.68. The third-order valence-electron chi connectivity index (χ3n) is 3.68. The molecule has 2 atom stereocenters. The second-order valence-corrected chi connectivity index (χ2v) is 5.26. The van der Waals surface area contributed by atoms with E-state index < -0.39 is 5.60 Å². The summed E-state index contributed by atoms with van der Waals surface area (Å²) in [4.78, 5) is 4.31. The predicted molar refractivity (Wildman–Crippen MR) is 65.1 cm³/mol. The van der Waals surface area contributed by atoms with Crippen LogP contribution in [0.2, 0.25) is 0 Å². The van der Waals surface area contributed by atoms with Crippen molar-refractivity contribution < 1.29 is 5.11 Å². The van der Waals surface area contributed by atoms with Gasteiger partial charge in [-0.1, -0.05) is 25.8 Å². The number of hydrogen-bond donors (Lipinski definition) is 1. The Bertz CT molecular complexity index is 325. The van der Waals surface area contributed by atoms with E-state index in [-0.39, 0.29) is 0 Å². The van der Waals surface area contributed by atoms with E-state index in [1.165, 1.54) is 6.42 Å². The smallest absolute Gasteiger partial charge is 0.0703 e. The highest BCUT2D eigenvalue weighted by molar-refractivity contribution is 5.07. The first-order chi connectivity index (χ1) is 7.68. The Hall–Kier alpha value is -0.890. The van der Waals surface area contributed by atoms with Crippen LogP contribution in [-0.4, -0.2) is 15.7 Å². The molecule has 0 radical (unpaired) electrons. The van der Waals surface area contributed by atoms with Gasteiger partial charge in [-0.15, -0.1) is 0 Å². The minimum absolute atomic E-state index is 0.515. The zero-order valence-electron chi connectivity index (χ0n) is 10.0. The van der Waals surface area contributed by atoms with Gasteiger partial charge in [-0.3, -0.25) is 4.98 Å². The fraction of sp³-hybridized carbons (Fsp3) is 0.643. The van der Waals surface area contributed by atoms with Crippen molar-refractivity contribution >= 4 is 0 Å². The zero-order valence-corrected chi connectivity index (χ0v) is 10.0. The first-order valence-corrected chi connectivity index (χ1v) is 6.30. The van der Waals surface area contributed by atoms with Crippen LogP contribution in [-0.2, 0) is 6.42 Å². The van der Waals surface area contributed by atoms with E-state index in [4.69, 9.17) is 0 Å². The third kappa shape index (κ3) is 3.05. The van der Waals surface area contributed by atoms with Crippen LogP contribution in [0.1, 0.15) is 44.7 Å². The van der Waals surface area contributed by atoms with Gasteiger partial charge >= 0.3 is 0 Å². The van der Waals surface area contributed by atoms with E-state index in [1.54, 1.807) is 6.20 Å². The maximum absolute atomic E-state index is 10.6. The molecule has 2 heteroatoms. The van der Waals surface area contributed by atoms with Gasteiger partial charge in [0.05, 0.1) is 5.60 Å². The zero-order chi connectivity index (χ0) is 11.4. The molecule has 1 aliphatic carbocycles. The molecule has 0 aliphatic heterocycles. The molecule has 2 rings (SSSR count). The predicted octanol–water partition coefficient (Wildman–Crippen LogP) is 2.96. The van der Waals surface area contributed by atoms with Gasteiger partial charge in [-0.2, -0.15) is 0 Å². The van der Waals surface area contributed by atoms with E-state index in [0.29, 0.717) is 6.42 Å². The summed E-state index contributed by atoms with van der Waals surface area (Å²) in [7, 11) is 0. The molecule has 88 valence electrons. The number of aromatic nitrogens is 1. The second-order valence-electron chi connectivity index (χ2n) is 5.26. The molecular formula is C14H21NO. The average Bonchev–Trinajstić information content (AvgIpc) is 2.43. The number of aliphatic hydroxyl groups is 1. The molecule has 0 saturated heterocycles. The van der Waals surface area contributed by atoms with Crippen LogP contribution in [0.25, 0.3) is 0 Å². The maximum Gasteiger partial charge on any atom is 0.0703 e. The lowest BCUT2D eigenvalue weighted by Gasteiger charge is -2.26. The summed E-state index contributed by atoms with van der Waals surface area (Å²) in [6.45, 7) is 2.28. The lowest BCUT2D eigenvalue weighted by molar-refractivity contribution is 0.0235. The molecule has 2 nitrogen and oxygen atoms in total. The first kappa shape index (κ1) is 11.6. The van der Waals surface area contributed by atoms with Crippen LogP contribution >= 0.6 is 0 Å². The standard InChI is InChI=1S/C14H21NO/c1-12-5-4-8-14(16,9-7-12)11-13-6-2-3-10-15-13/h2-3,6,10,12,16H,4-5,7-9,11H2,1H3. The number of nitrogens with zero attached hydrogens (tertiary/aromatic N) is 1. The Morgan fingerprint density at radius 2 is 2.25 bits per heavy atom. The van der Waals surface area contributed by atoms with E-state index in [9.17, 15) is 5.11 Å². The van der Waals surface area contributed by atoms with E-state index >= 15 is 0 Å². The lowest BCUT2D eigenvalue weighted by Crippen LogP contribution is -2.31. The Morgan fingerprint density at radius 3 is 3.00 bits per heavy atom. The van der Waals surface area contributed by atoms with Crippen molar-refractivity contribution in [2.75, 3.05) is 0 Å². The van der Waals surface area contributed by atoms with Crippen LogP contribution < -0.4 is 0 Å². The molecule has 0 amide bonds. The fourth-order valence-corrected chi connectivity index (χ4v) is 2.58. The maximum atomic E-state index is 10.6. The van der Waals surface area contributed by atoms with Crippen molar-refractivity contribution in [2.45, 2.75) is 51.0 Å². The Morgan fingerprint density at radius 1 is 1.38 bits per heavy atom. The number of rotatable bonds is 2. The van der Waals surface area contributed by atoms with Crippen LogP contribution in [0.15, 0.2) is 24.4 Å². The summed E-state index contributed by atoms with van der Waals surface area (Å²) in [5.41, 5.74) is 0.499. The highest BCUT2D eigenvalue weighted by atomic mass is 16.3. The molecule has 1 aliphatic rings. The summed E-state index contributed by atoms with van der Waals surface area (Å²) in [6, 6.07) is 5.92. The van der Waals surface area contributed by atoms with Gasteiger partial charge in [0.15, 0.2) is 0 Å². The highest BCUT2D eigenvalue weighted by Gasteiger charge is 2.30. The monoisotopic (exact) mass is 219 g/mol. The Balaban J connectivity index is 2.02. The molecule has 0 bridgehead atoms. The molecule has 16 heavy (non-hydrogen) atoms. The van der Waals surface area contributed by atoms with Gasteiger partial charge in [-0.25, -0.2) is 0 Å². The summed E-state index contributed by atoms with van der Waals surface area (Å²) in [5, 5.41) is 10.6. The molecule has 1 heterocycles. The van der Waals surface area contributed by atoms with Crippen molar-refractivity contribution in [2.24, 2.45) is 5.92 Å². The van der Waals surface area contributed by atoms with Crippen molar-refractivity contribution in [3.05, 3.63) is 30.1 Å². The molecular weight excluding hydrogens is 198 g/mol. The molecule has 0 spiro atoms. The number of pyridine rings is 1. The summed E-state index contributed by atoms with van der Waals surface area (Å²) >= 11 is 0. The Labute approximate surface area is 97.7 Å².